The summed E-state index contributed by atoms with van der Waals surface area (Å²) in [6.45, 7) is 5.41. The Hall–Kier alpha value is -2.68. The summed E-state index contributed by atoms with van der Waals surface area (Å²) in [7, 11) is 0. The average molecular weight is 381 g/mol. The number of halogens is 2. The van der Waals surface area contributed by atoms with Crippen LogP contribution in [0, 0.1) is 25.5 Å². The van der Waals surface area contributed by atoms with Crippen LogP contribution in [0.5, 0.6) is 5.75 Å². The lowest BCUT2D eigenvalue weighted by Gasteiger charge is -2.26. The predicted molar refractivity (Wildman–Crippen MR) is 91.3 cm³/mol. The van der Waals surface area contributed by atoms with Crippen molar-refractivity contribution in [1.29, 1.82) is 0 Å². The van der Waals surface area contributed by atoms with Crippen molar-refractivity contribution < 1.29 is 27.6 Å². The molecule has 0 unspecified atom stereocenters. The van der Waals surface area contributed by atoms with E-state index in [9.17, 15) is 13.6 Å². The van der Waals surface area contributed by atoms with Gasteiger partial charge in [0.1, 0.15) is 36.4 Å². The summed E-state index contributed by atoms with van der Waals surface area (Å²) >= 11 is 0. The molecule has 0 radical (unpaired) electrons. The topological polar surface area (TPSA) is 76.8 Å². The number of carbonyl (C=O) groups is 1. The number of hydrogen-bond acceptors (Lipinski definition) is 6. The van der Waals surface area contributed by atoms with E-state index in [1.54, 1.807) is 13.8 Å². The monoisotopic (exact) mass is 381 g/mol. The number of benzene rings is 1. The highest BCUT2D eigenvalue weighted by Gasteiger charge is 2.20. The zero-order valence-corrected chi connectivity index (χ0v) is 15.2. The Bertz CT molecular complexity index is 776. The molecule has 1 fully saturated rings. The Morgan fingerprint density at radius 3 is 2.44 bits per heavy atom. The van der Waals surface area contributed by atoms with Crippen molar-refractivity contribution in [1.82, 2.24) is 15.4 Å². The molecule has 1 saturated heterocycles. The van der Waals surface area contributed by atoms with Crippen molar-refractivity contribution in [2.24, 2.45) is 0 Å². The van der Waals surface area contributed by atoms with Crippen molar-refractivity contribution >= 4 is 6.09 Å². The molecular formula is C18H21F2N3O4. The first-order valence-corrected chi connectivity index (χ1v) is 8.60. The Morgan fingerprint density at radius 1 is 1.19 bits per heavy atom. The molecule has 0 spiro atoms. The third kappa shape index (κ3) is 4.54. The van der Waals surface area contributed by atoms with E-state index in [2.05, 4.69) is 10.5 Å². The molecule has 7 nitrogen and oxygen atoms in total. The lowest BCUT2D eigenvalue weighted by molar-refractivity contribution is 0.0899. The van der Waals surface area contributed by atoms with Crippen molar-refractivity contribution in [2.75, 3.05) is 26.2 Å². The van der Waals surface area contributed by atoms with Gasteiger partial charge in [-0.15, -0.1) is 0 Å². The van der Waals surface area contributed by atoms with Crippen LogP contribution in [0.4, 0.5) is 13.6 Å². The molecule has 146 valence electrons. The van der Waals surface area contributed by atoms with Crippen LogP contribution in [-0.4, -0.2) is 42.3 Å². The summed E-state index contributed by atoms with van der Waals surface area (Å²) in [5.41, 5.74) is 1.07. The smallest absolute Gasteiger partial charge is 0.410 e. The minimum atomic E-state index is -0.836. The highest BCUT2D eigenvalue weighted by molar-refractivity contribution is 5.67. The van der Waals surface area contributed by atoms with Gasteiger partial charge in [0.25, 0.3) is 0 Å². The second-order valence-corrected chi connectivity index (χ2v) is 6.25. The standard InChI is InChI=1S/C18H21F2N3O4/c1-11-14(12(2)27-22-11)9-25-13-7-16(19)15(17(20)8-13)10-26-18(24)23-5-3-21-4-6-23/h7-8,21H,3-6,9-10H2,1-2H3. The Labute approximate surface area is 155 Å². The predicted octanol–water partition coefficient (Wildman–Crippen LogP) is 2.69. The zero-order chi connectivity index (χ0) is 19.4. The minimum Gasteiger partial charge on any atom is -0.488 e. The van der Waals surface area contributed by atoms with Gasteiger partial charge in [-0.05, 0) is 13.8 Å². The highest BCUT2D eigenvalue weighted by atomic mass is 19.1. The first kappa shape index (κ1) is 19.1. The lowest BCUT2D eigenvalue weighted by Crippen LogP contribution is -2.46. The molecule has 1 aromatic heterocycles. The largest absolute Gasteiger partial charge is 0.488 e. The second kappa shape index (κ2) is 8.34. The third-order valence-corrected chi connectivity index (χ3v) is 4.39. The van der Waals surface area contributed by atoms with Gasteiger partial charge in [-0.25, -0.2) is 13.6 Å². The lowest BCUT2D eigenvalue weighted by atomic mass is 10.2. The van der Waals surface area contributed by atoms with Crippen LogP contribution < -0.4 is 10.1 Å². The molecule has 3 rings (SSSR count). The average Bonchev–Trinajstić information content (AvgIpc) is 2.97. The summed E-state index contributed by atoms with van der Waals surface area (Å²) in [5, 5.41) is 6.90. The molecular weight excluding hydrogens is 360 g/mol. The first-order chi connectivity index (χ1) is 13.0. The van der Waals surface area contributed by atoms with Gasteiger partial charge in [0.2, 0.25) is 0 Å². The van der Waals surface area contributed by atoms with E-state index < -0.39 is 24.3 Å². The van der Waals surface area contributed by atoms with Crippen molar-refractivity contribution in [2.45, 2.75) is 27.1 Å². The number of nitrogens with zero attached hydrogens (tertiary/aromatic N) is 2. The molecule has 9 heteroatoms. The number of hydrogen-bond donors (Lipinski definition) is 1. The maximum absolute atomic E-state index is 14.3. The van der Waals surface area contributed by atoms with Gasteiger partial charge in [0.05, 0.1) is 16.8 Å². The number of piperazine rings is 1. The molecule has 1 aliphatic rings. The molecule has 1 aromatic carbocycles. The summed E-state index contributed by atoms with van der Waals surface area (Å²) in [5.74, 6) is -1.05. The minimum absolute atomic E-state index is 0.0298. The number of aryl methyl sites for hydroxylation is 2. The first-order valence-electron chi connectivity index (χ1n) is 8.60. The fraction of sp³-hybridized carbons (Fsp3) is 0.444. The zero-order valence-electron chi connectivity index (χ0n) is 15.2. The van der Waals surface area contributed by atoms with Crippen LogP contribution in [0.25, 0.3) is 0 Å². The van der Waals surface area contributed by atoms with E-state index in [-0.39, 0.29) is 17.9 Å². The molecule has 0 saturated carbocycles. The summed E-state index contributed by atoms with van der Waals surface area (Å²) in [6.07, 6.45) is -0.589. The summed E-state index contributed by atoms with van der Waals surface area (Å²) < 4.78 is 44.0. The van der Waals surface area contributed by atoms with E-state index in [1.165, 1.54) is 4.90 Å². The summed E-state index contributed by atoms with van der Waals surface area (Å²) in [6, 6.07) is 2.13. The molecule has 2 heterocycles. The van der Waals surface area contributed by atoms with E-state index in [0.717, 1.165) is 17.7 Å². The van der Waals surface area contributed by atoms with E-state index in [1.807, 2.05) is 0 Å². The number of aromatic nitrogens is 1. The van der Waals surface area contributed by atoms with Crippen LogP contribution in [0.3, 0.4) is 0 Å². The Balaban J connectivity index is 1.61. The quantitative estimate of drug-likeness (QED) is 0.858. The van der Waals surface area contributed by atoms with Gasteiger partial charge >= 0.3 is 6.09 Å². The van der Waals surface area contributed by atoms with Gasteiger partial charge in [-0.1, -0.05) is 5.16 Å². The van der Waals surface area contributed by atoms with Crippen LogP contribution in [-0.2, 0) is 18.0 Å². The van der Waals surface area contributed by atoms with Gasteiger partial charge < -0.3 is 24.2 Å². The van der Waals surface area contributed by atoms with Gasteiger partial charge in [0, 0.05) is 38.3 Å². The Kier molecular flexibility index (Phi) is 5.90. The van der Waals surface area contributed by atoms with Crippen LogP contribution in [0.15, 0.2) is 16.7 Å². The molecule has 1 N–H and O–H groups in total. The number of rotatable bonds is 5. The number of nitrogens with one attached hydrogen (secondary N) is 1. The maximum atomic E-state index is 14.3. The van der Waals surface area contributed by atoms with Crippen LogP contribution >= 0.6 is 0 Å². The van der Waals surface area contributed by atoms with Crippen molar-refractivity contribution in [3.05, 3.63) is 46.3 Å². The molecule has 2 aromatic rings. The van der Waals surface area contributed by atoms with Crippen LogP contribution in [0.1, 0.15) is 22.6 Å². The molecule has 0 bridgehead atoms. The molecule has 1 amide bonds. The SMILES string of the molecule is Cc1noc(C)c1COc1cc(F)c(COC(=O)N2CCNCC2)c(F)c1. The van der Waals surface area contributed by atoms with Gasteiger partial charge in [-0.3, -0.25) is 0 Å². The van der Waals surface area contributed by atoms with E-state index in [4.69, 9.17) is 14.0 Å². The van der Waals surface area contributed by atoms with E-state index >= 15 is 0 Å². The van der Waals surface area contributed by atoms with Gasteiger partial charge in [-0.2, -0.15) is 0 Å². The Morgan fingerprint density at radius 2 is 1.85 bits per heavy atom. The number of carbonyl (C=O) groups excluding carboxylic acids is 1. The highest BCUT2D eigenvalue weighted by Crippen LogP contribution is 2.23. The normalized spacial score (nSPS) is 14.3. The van der Waals surface area contributed by atoms with E-state index in [0.29, 0.717) is 37.6 Å². The fourth-order valence-corrected chi connectivity index (χ4v) is 2.74. The summed E-state index contributed by atoms with van der Waals surface area (Å²) in [4.78, 5) is 13.4. The molecule has 27 heavy (non-hydrogen) atoms. The number of ether oxygens (including phenoxy) is 2. The fourth-order valence-electron chi connectivity index (χ4n) is 2.74. The van der Waals surface area contributed by atoms with Crippen LogP contribution in [0.2, 0.25) is 0 Å². The molecule has 0 aliphatic carbocycles. The number of amides is 1. The third-order valence-electron chi connectivity index (χ3n) is 4.39. The van der Waals surface area contributed by atoms with Crippen molar-refractivity contribution in [3.63, 3.8) is 0 Å². The molecule has 1 aliphatic heterocycles. The van der Waals surface area contributed by atoms with Crippen molar-refractivity contribution in [3.8, 4) is 5.75 Å². The second-order valence-electron chi connectivity index (χ2n) is 6.25. The van der Waals surface area contributed by atoms with Gasteiger partial charge in [0.15, 0.2) is 0 Å². The maximum Gasteiger partial charge on any atom is 0.410 e. The molecule has 0 atom stereocenters.